The van der Waals surface area contributed by atoms with E-state index in [1.807, 2.05) is 0 Å². The standard InChI is InChI=1S/C18H16F4N2O2/c19-15-6-2-1-4-12(15)10-24(13-7-8-13)16(25)11-23-9-3-5-14(17(23)26)18(20,21)22/h1-6,9,13H,7-8,10-11H2. The maximum Gasteiger partial charge on any atom is 0.421 e. The quantitative estimate of drug-likeness (QED) is 0.761. The van der Waals surface area contributed by atoms with Crippen LogP contribution >= 0.6 is 0 Å². The summed E-state index contributed by atoms with van der Waals surface area (Å²) in [4.78, 5) is 26.0. The molecule has 8 heteroatoms. The molecule has 1 saturated carbocycles. The van der Waals surface area contributed by atoms with E-state index < -0.39 is 35.6 Å². The fourth-order valence-electron chi connectivity index (χ4n) is 2.73. The number of rotatable bonds is 5. The molecule has 1 aromatic carbocycles. The molecule has 0 atom stereocenters. The molecule has 0 N–H and O–H groups in total. The van der Waals surface area contributed by atoms with E-state index in [0.29, 0.717) is 11.6 Å². The number of halogens is 4. The predicted octanol–water partition coefficient (Wildman–Crippen LogP) is 3.20. The maximum atomic E-state index is 13.9. The minimum atomic E-state index is -4.79. The summed E-state index contributed by atoms with van der Waals surface area (Å²) in [6, 6.07) is 7.69. The molecule has 0 saturated heterocycles. The van der Waals surface area contributed by atoms with Crippen molar-refractivity contribution < 1.29 is 22.4 Å². The summed E-state index contributed by atoms with van der Waals surface area (Å²) in [6.07, 6.45) is -2.15. The van der Waals surface area contributed by atoms with Crippen molar-refractivity contribution in [3.05, 3.63) is 69.9 Å². The molecule has 1 heterocycles. The van der Waals surface area contributed by atoms with Crippen LogP contribution < -0.4 is 5.56 Å². The summed E-state index contributed by atoms with van der Waals surface area (Å²) in [5.41, 5.74) is -2.26. The molecule has 2 aromatic rings. The molecule has 138 valence electrons. The van der Waals surface area contributed by atoms with Crippen LogP contribution in [0.3, 0.4) is 0 Å². The average molecular weight is 368 g/mol. The second-order valence-corrected chi connectivity index (χ2v) is 6.20. The Morgan fingerprint density at radius 2 is 1.85 bits per heavy atom. The van der Waals surface area contributed by atoms with Gasteiger partial charge in [-0.25, -0.2) is 4.39 Å². The van der Waals surface area contributed by atoms with Gasteiger partial charge in [-0.2, -0.15) is 13.2 Å². The number of amides is 1. The van der Waals surface area contributed by atoms with Crippen molar-refractivity contribution in [2.24, 2.45) is 0 Å². The van der Waals surface area contributed by atoms with Crippen molar-refractivity contribution in [1.29, 1.82) is 0 Å². The lowest BCUT2D eigenvalue weighted by Gasteiger charge is -2.23. The lowest BCUT2D eigenvalue weighted by molar-refractivity contribution is -0.139. The van der Waals surface area contributed by atoms with E-state index in [1.54, 1.807) is 12.1 Å². The van der Waals surface area contributed by atoms with Crippen molar-refractivity contribution in [2.75, 3.05) is 0 Å². The van der Waals surface area contributed by atoms with E-state index in [2.05, 4.69) is 0 Å². The zero-order valence-corrected chi connectivity index (χ0v) is 13.7. The average Bonchev–Trinajstić information content (AvgIpc) is 3.39. The molecule has 0 aliphatic heterocycles. The molecule has 0 unspecified atom stereocenters. The second kappa shape index (κ2) is 6.93. The first kappa shape index (κ1) is 18.2. The van der Waals surface area contributed by atoms with Crippen LogP contribution in [0.1, 0.15) is 24.0 Å². The molecular formula is C18H16F4N2O2. The summed E-state index contributed by atoms with van der Waals surface area (Å²) < 4.78 is 53.1. The number of aromatic nitrogens is 1. The first-order valence-corrected chi connectivity index (χ1v) is 8.07. The highest BCUT2D eigenvalue weighted by Gasteiger charge is 2.36. The summed E-state index contributed by atoms with van der Waals surface area (Å²) in [7, 11) is 0. The zero-order chi connectivity index (χ0) is 18.9. The van der Waals surface area contributed by atoms with Gasteiger partial charge >= 0.3 is 6.18 Å². The molecule has 26 heavy (non-hydrogen) atoms. The van der Waals surface area contributed by atoms with E-state index >= 15 is 0 Å². The fourth-order valence-corrected chi connectivity index (χ4v) is 2.73. The second-order valence-electron chi connectivity index (χ2n) is 6.20. The SMILES string of the molecule is O=C(Cn1cccc(C(F)(F)F)c1=O)N(Cc1ccccc1F)C1CC1. The van der Waals surface area contributed by atoms with Crippen molar-refractivity contribution in [2.45, 2.75) is 38.1 Å². The van der Waals surface area contributed by atoms with Crippen molar-refractivity contribution in [3.63, 3.8) is 0 Å². The largest absolute Gasteiger partial charge is 0.421 e. The number of hydrogen-bond donors (Lipinski definition) is 0. The normalized spacial score (nSPS) is 14.3. The van der Waals surface area contributed by atoms with Crippen LogP contribution in [0.5, 0.6) is 0 Å². The molecule has 0 radical (unpaired) electrons. The van der Waals surface area contributed by atoms with Gasteiger partial charge in [0.25, 0.3) is 5.56 Å². The smallest absolute Gasteiger partial charge is 0.334 e. The van der Waals surface area contributed by atoms with Crippen LogP contribution in [0, 0.1) is 5.82 Å². The third-order valence-corrected chi connectivity index (χ3v) is 4.24. The summed E-state index contributed by atoms with van der Waals surface area (Å²) in [5.74, 6) is -0.973. The number of carbonyl (C=O) groups is 1. The van der Waals surface area contributed by atoms with Gasteiger partial charge in [0.1, 0.15) is 17.9 Å². The minimum absolute atomic E-state index is 0.0177. The number of pyridine rings is 1. The molecule has 0 bridgehead atoms. The van der Waals surface area contributed by atoms with Gasteiger partial charge in [0.05, 0.1) is 0 Å². The highest BCUT2D eigenvalue weighted by Crippen LogP contribution is 2.29. The first-order valence-electron chi connectivity index (χ1n) is 8.07. The molecule has 4 nitrogen and oxygen atoms in total. The van der Waals surface area contributed by atoms with Crippen LogP contribution in [0.25, 0.3) is 0 Å². The highest BCUT2D eigenvalue weighted by atomic mass is 19.4. The van der Waals surface area contributed by atoms with Crippen LogP contribution in [-0.4, -0.2) is 21.4 Å². The molecule has 3 rings (SSSR count). The third-order valence-electron chi connectivity index (χ3n) is 4.24. The van der Waals surface area contributed by atoms with Gasteiger partial charge in [-0.05, 0) is 31.0 Å². The Bertz CT molecular complexity index is 872. The van der Waals surface area contributed by atoms with Gasteiger partial charge in [0.2, 0.25) is 5.91 Å². The number of alkyl halides is 3. The van der Waals surface area contributed by atoms with Gasteiger partial charge in [-0.1, -0.05) is 18.2 Å². The Hall–Kier alpha value is -2.64. The molecular weight excluding hydrogens is 352 g/mol. The Morgan fingerprint density at radius 1 is 1.15 bits per heavy atom. The molecule has 1 aliphatic rings. The van der Waals surface area contributed by atoms with Gasteiger partial charge in [0.15, 0.2) is 0 Å². The van der Waals surface area contributed by atoms with E-state index in [0.717, 1.165) is 29.7 Å². The van der Waals surface area contributed by atoms with Gasteiger partial charge in [-0.3, -0.25) is 9.59 Å². The number of hydrogen-bond acceptors (Lipinski definition) is 2. The summed E-state index contributed by atoms with van der Waals surface area (Å²) >= 11 is 0. The summed E-state index contributed by atoms with van der Waals surface area (Å²) in [6.45, 7) is -0.502. The van der Waals surface area contributed by atoms with E-state index in [4.69, 9.17) is 0 Å². The number of carbonyl (C=O) groups excluding carboxylic acids is 1. The Morgan fingerprint density at radius 3 is 2.46 bits per heavy atom. The fraction of sp³-hybridized carbons (Fsp3) is 0.333. The lowest BCUT2D eigenvalue weighted by atomic mass is 10.2. The minimum Gasteiger partial charge on any atom is -0.334 e. The molecule has 1 aliphatic carbocycles. The zero-order valence-electron chi connectivity index (χ0n) is 13.7. The molecule has 1 amide bonds. The van der Waals surface area contributed by atoms with Crippen LogP contribution in [0.2, 0.25) is 0 Å². The molecule has 1 aromatic heterocycles. The van der Waals surface area contributed by atoms with E-state index in [9.17, 15) is 27.2 Å². The topological polar surface area (TPSA) is 42.3 Å². The predicted molar refractivity (Wildman–Crippen MR) is 85.7 cm³/mol. The monoisotopic (exact) mass is 368 g/mol. The van der Waals surface area contributed by atoms with Gasteiger partial charge in [0, 0.05) is 24.3 Å². The van der Waals surface area contributed by atoms with Crippen LogP contribution in [-0.2, 0) is 24.1 Å². The van der Waals surface area contributed by atoms with Gasteiger partial charge < -0.3 is 9.47 Å². The number of nitrogens with zero attached hydrogens (tertiary/aromatic N) is 2. The van der Waals surface area contributed by atoms with Crippen molar-refractivity contribution in [1.82, 2.24) is 9.47 Å². The summed E-state index contributed by atoms with van der Waals surface area (Å²) in [5, 5.41) is 0. The van der Waals surface area contributed by atoms with E-state index in [-0.39, 0.29) is 12.6 Å². The Balaban J connectivity index is 1.82. The lowest BCUT2D eigenvalue weighted by Crippen LogP contribution is -2.38. The van der Waals surface area contributed by atoms with Crippen molar-refractivity contribution >= 4 is 5.91 Å². The van der Waals surface area contributed by atoms with Gasteiger partial charge in [-0.15, -0.1) is 0 Å². The van der Waals surface area contributed by atoms with E-state index in [1.165, 1.54) is 17.0 Å². The Kier molecular flexibility index (Phi) is 4.84. The number of benzene rings is 1. The maximum absolute atomic E-state index is 13.9. The van der Waals surface area contributed by atoms with Crippen molar-refractivity contribution in [3.8, 4) is 0 Å². The molecule has 1 fully saturated rings. The highest BCUT2D eigenvalue weighted by molar-refractivity contribution is 5.76. The van der Waals surface area contributed by atoms with Crippen LogP contribution in [0.4, 0.5) is 17.6 Å². The first-order chi connectivity index (χ1) is 12.3. The molecule has 0 spiro atoms. The third kappa shape index (κ3) is 3.95. The Labute approximate surface area is 146 Å². The van der Waals surface area contributed by atoms with Crippen LogP contribution in [0.15, 0.2) is 47.4 Å².